The van der Waals surface area contributed by atoms with E-state index >= 15 is 0 Å². The molecule has 0 amide bonds. The Balaban J connectivity index is 1.13. The summed E-state index contributed by atoms with van der Waals surface area (Å²) in [5, 5.41) is 5.81. The summed E-state index contributed by atoms with van der Waals surface area (Å²) in [6.07, 6.45) is 9.83. The summed E-state index contributed by atoms with van der Waals surface area (Å²) >= 11 is 0. The predicted octanol–water partition coefficient (Wildman–Crippen LogP) is 6.20. The summed E-state index contributed by atoms with van der Waals surface area (Å²) in [6.45, 7) is 0. The van der Waals surface area contributed by atoms with Gasteiger partial charge in [-0.1, -0.05) is 59.3 Å². The van der Waals surface area contributed by atoms with Crippen molar-refractivity contribution in [1.82, 2.24) is 28.0 Å². The highest BCUT2D eigenvalue weighted by Gasteiger charge is 2.26. The van der Waals surface area contributed by atoms with Crippen LogP contribution in [0.15, 0.2) is 134 Å². The van der Waals surface area contributed by atoms with Crippen molar-refractivity contribution in [2.75, 3.05) is 0 Å². The van der Waals surface area contributed by atoms with Crippen molar-refractivity contribution >= 4 is 68.5 Å². The Morgan fingerprint density at radius 3 is 2.31 bits per heavy atom. The summed E-state index contributed by atoms with van der Waals surface area (Å²) in [7, 11) is 0. The molecule has 9 aromatic rings. The number of nitrogens with zero attached hydrogens (tertiary/aromatic N) is 6. The minimum absolute atomic E-state index is 0.926. The molecule has 6 heterocycles. The zero-order chi connectivity index (χ0) is 32.1. The highest BCUT2D eigenvalue weighted by Crippen LogP contribution is 2.38. The third kappa shape index (κ3) is 3.59. The molecule has 0 radical (unpaired) electrons. The lowest BCUT2D eigenvalue weighted by Gasteiger charge is -2.14. The quantitative estimate of drug-likeness (QED) is 0.215. The molecule has 0 atom stereocenters. The normalized spacial score (nSPS) is 12.7. The minimum atomic E-state index is 0.926. The zero-order valence-corrected chi connectivity index (χ0v) is 26.2. The fraction of sp³-hybridized carbons (Fsp3) is 0. The average Bonchev–Trinajstić information content (AvgIpc) is 3.98. The second-order valence-corrected chi connectivity index (χ2v) is 12.6. The molecule has 0 spiro atoms. The molecular weight excluding hydrogens is 601 g/mol. The number of fused-ring (bicyclic) bond motifs is 9. The topological polar surface area (TPSA) is 55.9 Å². The molecule has 2 aliphatic heterocycles. The van der Waals surface area contributed by atoms with Gasteiger partial charge >= 0.3 is 17.9 Å². The van der Waals surface area contributed by atoms with Crippen molar-refractivity contribution in [3.8, 4) is 28.2 Å². The third-order valence-electron chi connectivity index (χ3n) is 10.0. The summed E-state index contributed by atoms with van der Waals surface area (Å²) in [5.41, 5.74) is 13.1. The van der Waals surface area contributed by atoms with Gasteiger partial charge in [0.05, 0.1) is 27.5 Å². The third-order valence-corrected chi connectivity index (χ3v) is 10.0. The molecule has 6 heteroatoms. The summed E-state index contributed by atoms with van der Waals surface area (Å²) in [5.74, 6) is 0. The molecule has 0 fully saturated rings. The van der Waals surface area contributed by atoms with Crippen LogP contribution < -0.4 is 20.0 Å². The predicted molar refractivity (Wildman–Crippen MR) is 201 cm³/mol. The van der Waals surface area contributed by atoms with Crippen molar-refractivity contribution in [3.63, 3.8) is 0 Å². The highest BCUT2D eigenvalue weighted by molar-refractivity contribution is 6.13. The SMILES string of the molecule is C1=[N+]=Cc2c1c1cc(-c3ccccc3-n3c4ccc(-n5c6c(c7ccccc75)=CC=[N+]=6)cc4c4cccnc43)ccc1n2-c1ccccc1. The minimum Gasteiger partial charge on any atom is -0.303 e. The Hall–Kier alpha value is -6.97. The molecule has 0 aliphatic carbocycles. The lowest BCUT2D eigenvalue weighted by Crippen LogP contribution is -2.28. The van der Waals surface area contributed by atoms with E-state index in [0.29, 0.717) is 0 Å². The highest BCUT2D eigenvalue weighted by atomic mass is 15.1. The Morgan fingerprint density at radius 1 is 0.551 bits per heavy atom. The number of hydrogen-bond donors (Lipinski definition) is 0. The second kappa shape index (κ2) is 9.77. The smallest absolute Gasteiger partial charge is 0.303 e. The molecule has 0 saturated heterocycles. The van der Waals surface area contributed by atoms with E-state index in [1.165, 1.54) is 16.0 Å². The zero-order valence-electron chi connectivity index (χ0n) is 26.2. The van der Waals surface area contributed by atoms with E-state index in [1.807, 2.05) is 30.9 Å². The number of aromatic nitrogens is 4. The van der Waals surface area contributed by atoms with Crippen LogP contribution in [-0.2, 0) is 0 Å². The first kappa shape index (κ1) is 26.1. The maximum atomic E-state index is 4.97. The molecule has 2 aliphatic rings. The van der Waals surface area contributed by atoms with Gasteiger partial charge in [-0.3, -0.25) is 4.57 Å². The first-order chi connectivity index (χ1) is 24.3. The Bertz CT molecular complexity index is 3120. The van der Waals surface area contributed by atoms with E-state index in [9.17, 15) is 0 Å². The standard InChI is InChI=1S/C43H26N6/c1-2-9-28(10-3-1)47-39-18-16-27(23-34(39)36-25-44-26-41(36)47)30-11-4-6-14-37(30)49-40-19-17-29(24-35(40)32-13-8-21-45-43(32)49)48-38-15-7-5-12-31(38)33-20-22-46-42(33)48/h1-26H/q+2. The van der Waals surface area contributed by atoms with E-state index in [0.717, 1.165) is 77.9 Å². The molecule has 0 saturated carbocycles. The molecule has 4 aromatic heterocycles. The van der Waals surface area contributed by atoms with Crippen LogP contribution in [0.1, 0.15) is 11.3 Å². The Kier molecular flexibility index (Phi) is 5.21. The van der Waals surface area contributed by atoms with Crippen molar-refractivity contribution in [3.05, 3.63) is 156 Å². The molecule has 11 rings (SSSR count). The van der Waals surface area contributed by atoms with Gasteiger partial charge in [-0.15, -0.1) is 0 Å². The summed E-state index contributed by atoms with van der Waals surface area (Å²) < 4.78 is 16.2. The van der Waals surface area contributed by atoms with Gasteiger partial charge in [0.1, 0.15) is 22.5 Å². The van der Waals surface area contributed by atoms with Crippen LogP contribution in [0.3, 0.4) is 0 Å². The number of pyridine rings is 1. The van der Waals surface area contributed by atoms with E-state index in [2.05, 4.69) is 146 Å². The molecule has 49 heavy (non-hydrogen) atoms. The van der Waals surface area contributed by atoms with Crippen molar-refractivity contribution in [1.29, 1.82) is 0 Å². The average molecular weight is 627 g/mol. The molecule has 226 valence electrons. The van der Waals surface area contributed by atoms with Crippen molar-refractivity contribution in [2.45, 2.75) is 0 Å². The van der Waals surface area contributed by atoms with Crippen LogP contribution in [0.25, 0.3) is 78.0 Å². The second-order valence-electron chi connectivity index (χ2n) is 12.6. The first-order valence-corrected chi connectivity index (χ1v) is 16.4. The molecule has 0 bridgehead atoms. The largest absolute Gasteiger partial charge is 0.388 e. The van der Waals surface area contributed by atoms with E-state index in [1.54, 1.807) is 0 Å². The number of benzene rings is 5. The van der Waals surface area contributed by atoms with E-state index in [-0.39, 0.29) is 0 Å². The fourth-order valence-electron chi connectivity index (χ4n) is 7.92. The lowest BCUT2D eigenvalue weighted by atomic mass is 10.0. The van der Waals surface area contributed by atoms with Crippen LogP contribution in [0.4, 0.5) is 0 Å². The molecular formula is C43H26N6+2. The maximum Gasteiger partial charge on any atom is 0.388 e. The molecule has 0 N–H and O–H groups in total. The van der Waals surface area contributed by atoms with Crippen LogP contribution >= 0.6 is 0 Å². The fourth-order valence-corrected chi connectivity index (χ4v) is 7.92. The van der Waals surface area contributed by atoms with Gasteiger partial charge in [0.2, 0.25) is 0 Å². The van der Waals surface area contributed by atoms with Gasteiger partial charge in [0, 0.05) is 45.1 Å². The van der Waals surface area contributed by atoms with Crippen molar-refractivity contribution in [2.24, 2.45) is 0 Å². The van der Waals surface area contributed by atoms with Crippen LogP contribution in [-0.4, -0.2) is 37.3 Å². The monoisotopic (exact) mass is 626 g/mol. The van der Waals surface area contributed by atoms with Crippen LogP contribution in [0.2, 0.25) is 0 Å². The number of rotatable bonds is 4. The van der Waals surface area contributed by atoms with Gasteiger partial charge in [-0.2, -0.15) is 4.57 Å². The molecule has 6 nitrogen and oxygen atoms in total. The van der Waals surface area contributed by atoms with Gasteiger partial charge in [0.25, 0.3) is 0 Å². The van der Waals surface area contributed by atoms with E-state index in [4.69, 9.17) is 9.65 Å². The first-order valence-electron chi connectivity index (χ1n) is 16.4. The summed E-state index contributed by atoms with van der Waals surface area (Å²) in [6, 6.07) is 45.4. The Morgan fingerprint density at radius 2 is 1.35 bits per heavy atom. The Labute approximate surface area is 279 Å². The molecule has 5 aromatic carbocycles. The summed E-state index contributed by atoms with van der Waals surface area (Å²) in [4.78, 5) is 4.97. The van der Waals surface area contributed by atoms with Crippen molar-refractivity contribution < 1.29 is 0 Å². The van der Waals surface area contributed by atoms with Crippen LogP contribution in [0, 0.1) is 0 Å². The van der Waals surface area contributed by atoms with E-state index < -0.39 is 0 Å². The van der Waals surface area contributed by atoms with Gasteiger partial charge in [0.15, 0.2) is 6.21 Å². The van der Waals surface area contributed by atoms with Gasteiger partial charge in [-0.25, -0.2) is 9.65 Å². The number of para-hydroxylation sites is 3. The maximum absolute atomic E-state index is 4.97. The van der Waals surface area contributed by atoms with Gasteiger partial charge < -0.3 is 4.57 Å². The van der Waals surface area contributed by atoms with Gasteiger partial charge in [-0.05, 0) is 78.4 Å². The number of hydrogen-bond acceptors (Lipinski definition) is 1. The van der Waals surface area contributed by atoms with Crippen LogP contribution in [0.5, 0.6) is 0 Å². The molecule has 0 unspecified atom stereocenters. The lowest BCUT2D eigenvalue weighted by molar-refractivity contribution is 1.02.